The van der Waals surface area contributed by atoms with Gasteiger partial charge in [-0.2, -0.15) is 0 Å². The third kappa shape index (κ3) is 5.04. The molecule has 0 aromatic heterocycles. The Hall–Kier alpha value is -0.740. The summed E-state index contributed by atoms with van der Waals surface area (Å²) < 4.78 is 11.4. The highest BCUT2D eigenvalue weighted by molar-refractivity contribution is 9.10. The van der Waals surface area contributed by atoms with Crippen molar-refractivity contribution in [2.24, 2.45) is 0 Å². The minimum absolute atomic E-state index is 0.694. The van der Waals surface area contributed by atoms with Crippen molar-refractivity contribution in [3.63, 3.8) is 0 Å². The highest BCUT2D eigenvalue weighted by Gasteiger charge is 1.97. The van der Waals surface area contributed by atoms with Crippen LogP contribution in [-0.2, 0) is 4.74 Å². The van der Waals surface area contributed by atoms with E-state index in [1.54, 1.807) is 7.11 Å². The molecule has 0 radical (unpaired) electrons. The Kier molecular flexibility index (Phi) is 5.50. The van der Waals surface area contributed by atoms with E-state index in [1.165, 1.54) is 0 Å². The van der Waals surface area contributed by atoms with Gasteiger partial charge < -0.3 is 15.2 Å². The number of unbranched alkanes of at least 4 members (excludes halogenated alkanes) is 1. The normalized spacial score (nSPS) is 10.3. The molecule has 0 aliphatic rings. The van der Waals surface area contributed by atoms with E-state index in [4.69, 9.17) is 15.2 Å². The zero-order chi connectivity index (χ0) is 11.1. The molecule has 15 heavy (non-hydrogen) atoms. The van der Waals surface area contributed by atoms with Crippen LogP contribution in [0.4, 0.5) is 5.69 Å². The van der Waals surface area contributed by atoms with Crippen molar-refractivity contribution in [1.82, 2.24) is 0 Å². The zero-order valence-corrected chi connectivity index (χ0v) is 10.4. The monoisotopic (exact) mass is 273 g/mol. The molecule has 0 aliphatic heterocycles. The van der Waals surface area contributed by atoms with Crippen LogP contribution in [-0.4, -0.2) is 20.3 Å². The predicted octanol–water partition coefficient (Wildman–Crippen LogP) is 2.84. The molecule has 0 spiro atoms. The molecular formula is C11H16BrNO2. The van der Waals surface area contributed by atoms with Crippen LogP contribution in [0.3, 0.4) is 0 Å². The lowest BCUT2D eigenvalue weighted by molar-refractivity contribution is 0.184. The van der Waals surface area contributed by atoms with Crippen LogP contribution in [0.2, 0.25) is 0 Å². The molecule has 84 valence electrons. The highest BCUT2D eigenvalue weighted by atomic mass is 79.9. The number of nitrogen functional groups attached to an aromatic ring is 1. The van der Waals surface area contributed by atoms with Crippen molar-refractivity contribution in [2.45, 2.75) is 12.8 Å². The van der Waals surface area contributed by atoms with Gasteiger partial charge in [-0.15, -0.1) is 0 Å². The minimum atomic E-state index is 0.694. The van der Waals surface area contributed by atoms with Crippen LogP contribution < -0.4 is 10.5 Å². The molecular weight excluding hydrogens is 258 g/mol. The minimum Gasteiger partial charge on any atom is -0.493 e. The lowest BCUT2D eigenvalue weighted by Gasteiger charge is -2.07. The molecule has 0 saturated heterocycles. The molecule has 1 aromatic carbocycles. The van der Waals surface area contributed by atoms with Crippen LogP contribution in [0.25, 0.3) is 0 Å². The number of hydrogen-bond donors (Lipinski definition) is 1. The summed E-state index contributed by atoms with van der Waals surface area (Å²) in [4.78, 5) is 0. The standard InChI is InChI=1S/C11H16BrNO2/c1-14-4-2-3-5-15-11-7-9(12)6-10(13)8-11/h6-8H,2-5,13H2,1H3. The van der Waals surface area contributed by atoms with Gasteiger partial charge in [0, 0.05) is 29.9 Å². The summed E-state index contributed by atoms with van der Waals surface area (Å²) in [6.45, 7) is 1.48. The predicted molar refractivity (Wildman–Crippen MR) is 65.2 cm³/mol. The van der Waals surface area contributed by atoms with Crippen molar-refractivity contribution in [3.05, 3.63) is 22.7 Å². The van der Waals surface area contributed by atoms with Crippen LogP contribution in [0, 0.1) is 0 Å². The third-order valence-corrected chi connectivity index (χ3v) is 2.36. The summed E-state index contributed by atoms with van der Waals surface area (Å²) in [6, 6.07) is 5.57. The Morgan fingerprint density at radius 1 is 1.20 bits per heavy atom. The highest BCUT2D eigenvalue weighted by Crippen LogP contribution is 2.22. The number of halogens is 1. The summed E-state index contributed by atoms with van der Waals surface area (Å²) in [5.41, 5.74) is 6.39. The van der Waals surface area contributed by atoms with Crippen molar-refractivity contribution in [3.8, 4) is 5.75 Å². The fourth-order valence-corrected chi connectivity index (χ4v) is 1.70. The second kappa shape index (κ2) is 6.69. The maximum absolute atomic E-state index is 5.68. The molecule has 0 fully saturated rings. The smallest absolute Gasteiger partial charge is 0.122 e. The molecule has 0 bridgehead atoms. The lowest BCUT2D eigenvalue weighted by Crippen LogP contribution is -2.00. The molecule has 0 aliphatic carbocycles. The van der Waals surface area contributed by atoms with E-state index in [0.29, 0.717) is 12.3 Å². The largest absolute Gasteiger partial charge is 0.493 e. The number of benzene rings is 1. The summed E-state index contributed by atoms with van der Waals surface area (Å²) >= 11 is 3.37. The number of rotatable bonds is 6. The average Bonchev–Trinajstić information content (AvgIpc) is 2.16. The topological polar surface area (TPSA) is 44.5 Å². The fraction of sp³-hybridized carbons (Fsp3) is 0.455. The van der Waals surface area contributed by atoms with Gasteiger partial charge in [0.1, 0.15) is 5.75 Å². The molecule has 0 saturated carbocycles. The van der Waals surface area contributed by atoms with E-state index in [0.717, 1.165) is 29.7 Å². The van der Waals surface area contributed by atoms with E-state index in [9.17, 15) is 0 Å². The summed E-state index contributed by atoms with van der Waals surface area (Å²) in [6.07, 6.45) is 2.00. The third-order valence-electron chi connectivity index (χ3n) is 1.91. The van der Waals surface area contributed by atoms with Gasteiger partial charge in [-0.3, -0.25) is 0 Å². The summed E-state index contributed by atoms with van der Waals surface area (Å²) in [5.74, 6) is 0.805. The fourth-order valence-electron chi connectivity index (χ4n) is 1.21. The van der Waals surface area contributed by atoms with E-state index in [1.807, 2.05) is 18.2 Å². The Bertz CT molecular complexity index is 284. The van der Waals surface area contributed by atoms with Crippen LogP contribution >= 0.6 is 15.9 Å². The molecule has 4 heteroatoms. The second-order valence-corrected chi connectivity index (χ2v) is 4.18. The molecule has 1 aromatic rings. The van der Waals surface area contributed by atoms with E-state index in [2.05, 4.69) is 15.9 Å². The zero-order valence-electron chi connectivity index (χ0n) is 8.83. The van der Waals surface area contributed by atoms with Gasteiger partial charge in [0.05, 0.1) is 6.61 Å². The molecule has 0 amide bonds. The molecule has 0 unspecified atom stereocenters. The Balaban J connectivity index is 2.31. The Morgan fingerprint density at radius 3 is 2.60 bits per heavy atom. The first-order valence-corrected chi connectivity index (χ1v) is 5.69. The first-order valence-electron chi connectivity index (χ1n) is 4.90. The van der Waals surface area contributed by atoms with Gasteiger partial charge in [0.2, 0.25) is 0 Å². The van der Waals surface area contributed by atoms with Crippen LogP contribution in [0.15, 0.2) is 22.7 Å². The van der Waals surface area contributed by atoms with Gasteiger partial charge in [0.25, 0.3) is 0 Å². The van der Waals surface area contributed by atoms with E-state index >= 15 is 0 Å². The van der Waals surface area contributed by atoms with Crippen molar-refractivity contribution in [2.75, 3.05) is 26.1 Å². The van der Waals surface area contributed by atoms with Gasteiger partial charge in [-0.05, 0) is 25.0 Å². The van der Waals surface area contributed by atoms with Crippen molar-refractivity contribution < 1.29 is 9.47 Å². The van der Waals surface area contributed by atoms with Gasteiger partial charge in [-0.25, -0.2) is 0 Å². The van der Waals surface area contributed by atoms with E-state index < -0.39 is 0 Å². The van der Waals surface area contributed by atoms with E-state index in [-0.39, 0.29) is 0 Å². The average molecular weight is 274 g/mol. The quantitative estimate of drug-likeness (QED) is 0.640. The molecule has 0 atom stereocenters. The first-order chi connectivity index (χ1) is 7.22. The second-order valence-electron chi connectivity index (χ2n) is 3.27. The number of hydrogen-bond acceptors (Lipinski definition) is 3. The molecule has 1 rings (SSSR count). The Morgan fingerprint density at radius 2 is 1.93 bits per heavy atom. The SMILES string of the molecule is COCCCCOc1cc(N)cc(Br)c1. The van der Waals surface area contributed by atoms with Crippen molar-refractivity contribution in [1.29, 1.82) is 0 Å². The van der Waals surface area contributed by atoms with Crippen LogP contribution in [0.5, 0.6) is 5.75 Å². The van der Waals surface area contributed by atoms with Gasteiger partial charge in [-0.1, -0.05) is 15.9 Å². The van der Waals surface area contributed by atoms with Crippen molar-refractivity contribution >= 4 is 21.6 Å². The molecule has 3 nitrogen and oxygen atoms in total. The number of ether oxygens (including phenoxy) is 2. The van der Waals surface area contributed by atoms with Crippen LogP contribution in [0.1, 0.15) is 12.8 Å². The van der Waals surface area contributed by atoms with Gasteiger partial charge >= 0.3 is 0 Å². The maximum Gasteiger partial charge on any atom is 0.122 e. The first kappa shape index (κ1) is 12.3. The number of methoxy groups -OCH3 is 1. The maximum atomic E-state index is 5.68. The number of nitrogens with two attached hydrogens (primary N) is 1. The summed E-state index contributed by atoms with van der Waals surface area (Å²) in [5, 5.41) is 0. The summed E-state index contributed by atoms with van der Waals surface area (Å²) in [7, 11) is 1.70. The van der Waals surface area contributed by atoms with Gasteiger partial charge in [0.15, 0.2) is 0 Å². The molecule has 0 heterocycles. The Labute approximate surface area is 98.7 Å². The molecule has 2 N–H and O–H groups in total. The number of anilines is 1. The lowest BCUT2D eigenvalue weighted by atomic mass is 10.3.